The molecule has 2 aromatic rings. The maximum Gasteiger partial charge on any atom is 0.251 e. The Morgan fingerprint density at radius 2 is 1.96 bits per heavy atom. The number of carbonyl (C=O) groups excluding carboxylic acids is 1. The first-order valence-corrected chi connectivity index (χ1v) is 8.53. The van der Waals surface area contributed by atoms with Gasteiger partial charge < -0.3 is 15.4 Å². The maximum atomic E-state index is 12.4. The van der Waals surface area contributed by atoms with Crippen molar-refractivity contribution < 1.29 is 9.53 Å². The number of benzene rings is 2. The summed E-state index contributed by atoms with van der Waals surface area (Å²) in [6.07, 6.45) is 1.84. The number of para-hydroxylation sites is 1. The van der Waals surface area contributed by atoms with Gasteiger partial charge in [0.25, 0.3) is 5.91 Å². The number of carbonyl (C=O) groups is 1. The Labute approximate surface area is 151 Å². The zero-order valence-corrected chi connectivity index (χ0v) is 14.3. The molecule has 0 saturated carbocycles. The van der Waals surface area contributed by atoms with Crippen LogP contribution in [0.1, 0.15) is 28.8 Å². The predicted octanol–water partition coefficient (Wildman–Crippen LogP) is 3.49. The van der Waals surface area contributed by atoms with Crippen LogP contribution in [0, 0.1) is 11.3 Å². The third-order valence-electron chi connectivity index (χ3n) is 4.10. The van der Waals surface area contributed by atoms with Crippen molar-refractivity contribution in [3.05, 3.63) is 58.6 Å². The lowest BCUT2D eigenvalue weighted by atomic mass is 10.1. The van der Waals surface area contributed by atoms with Crippen LogP contribution >= 0.6 is 11.6 Å². The zero-order valence-electron chi connectivity index (χ0n) is 13.6. The quantitative estimate of drug-likeness (QED) is 0.880. The van der Waals surface area contributed by atoms with Crippen LogP contribution in [-0.2, 0) is 0 Å². The Hall–Kier alpha value is -2.55. The molecule has 2 N–H and O–H groups in total. The Balaban J connectivity index is 1.72. The van der Waals surface area contributed by atoms with Gasteiger partial charge in [-0.05, 0) is 56.3 Å². The van der Waals surface area contributed by atoms with E-state index in [0.717, 1.165) is 25.9 Å². The summed E-state index contributed by atoms with van der Waals surface area (Å²) in [6.45, 7) is 1.83. The molecule has 128 valence electrons. The van der Waals surface area contributed by atoms with Crippen LogP contribution in [0.15, 0.2) is 42.5 Å². The highest BCUT2D eigenvalue weighted by molar-refractivity contribution is 6.32. The fraction of sp³-hybridized carbons (Fsp3) is 0.263. The maximum absolute atomic E-state index is 12.4. The van der Waals surface area contributed by atoms with E-state index in [1.165, 1.54) is 0 Å². The van der Waals surface area contributed by atoms with Gasteiger partial charge in [0.2, 0.25) is 0 Å². The molecular formula is C19H18ClN3O2. The molecule has 0 aliphatic carbocycles. The van der Waals surface area contributed by atoms with Crippen LogP contribution in [-0.4, -0.2) is 25.0 Å². The van der Waals surface area contributed by atoms with E-state index in [1.807, 2.05) is 0 Å². The van der Waals surface area contributed by atoms with E-state index in [0.29, 0.717) is 27.6 Å². The van der Waals surface area contributed by atoms with Crippen LogP contribution < -0.4 is 15.4 Å². The molecule has 0 bridgehead atoms. The van der Waals surface area contributed by atoms with Gasteiger partial charge in [0.05, 0.1) is 10.6 Å². The third kappa shape index (κ3) is 4.30. The fourth-order valence-electron chi connectivity index (χ4n) is 2.73. The van der Waals surface area contributed by atoms with E-state index >= 15 is 0 Å². The molecule has 1 amide bonds. The second kappa shape index (κ2) is 8.02. The first-order chi connectivity index (χ1) is 12.2. The average molecular weight is 356 g/mol. The molecule has 0 atom stereocenters. The van der Waals surface area contributed by atoms with E-state index in [1.54, 1.807) is 42.5 Å². The fourth-order valence-corrected chi connectivity index (χ4v) is 2.95. The minimum absolute atomic E-state index is 0.141. The van der Waals surface area contributed by atoms with Gasteiger partial charge in [-0.2, -0.15) is 5.26 Å². The monoisotopic (exact) mass is 355 g/mol. The molecule has 6 heteroatoms. The lowest BCUT2D eigenvalue weighted by Gasteiger charge is -2.23. The molecule has 3 rings (SSSR count). The Morgan fingerprint density at radius 3 is 2.68 bits per heavy atom. The summed E-state index contributed by atoms with van der Waals surface area (Å²) in [5.41, 5.74) is 0.913. The molecule has 1 saturated heterocycles. The summed E-state index contributed by atoms with van der Waals surface area (Å²) in [4.78, 5) is 12.4. The minimum Gasteiger partial charge on any atom is -0.454 e. The van der Waals surface area contributed by atoms with Crippen LogP contribution in [0.2, 0.25) is 5.02 Å². The standard InChI is InChI=1S/C19H18ClN3O2/c20-16-11-13(19(24)23-15-7-9-22-10-8-15)5-6-18(16)25-17-4-2-1-3-14(17)12-21/h1-6,11,15,22H,7-10H2,(H,23,24). The van der Waals surface area contributed by atoms with Crippen molar-refractivity contribution >= 4 is 17.5 Å². The average Bonchev–Trinajstić information content (AvgIpc) is 2.64. The number of hydrogen-bond acceptors (Lipinski definition) is 4. The lowest BCUT2D eigenvalue weighted by molar-refractivity contribution is 0.0929. The number of hydrogen-bond donors (Lipinski definition) is 2. The zero-order chi connectivity index (χ0) is 17.6. The number of rotatable bonds is 4. The Morgan fingerprint density at radius 1 is 1.20 bits per heavy atom. The van der Waals surface area contributed by atoms with E-state index in [-0.39, 0.29) is 11.9 Å². The molecule has 25 heavy (non-hydrogen) atoms. The largest absolute Gasteiger partial charge is 0.454 e. The van der Waals surface area contributed by atoms with Gasteiger partial charge in [0.1, 0.15) is 17.6 Å². The number of amides is 1. The summed E-state index contributed by atoms with van der Waals surface area (Å²) < 4.78 is 5.72. The molecule has 1 aliphatic heterocycles. The molecule has 5 nitrogen and oxygen atoms in total. The van der Waals surface area contributed by atoms with Crippen LogP contribution in [0.3, 0.4) is 0 Å². The van der Waals surface area contributed by atoms with E-state index < -0.39 is 0 Å². The summed E-state index contributed by atoms with van der Waals surface area (Å²) in [6, 6.07) is 14.1. The highest BCUT2D eigenvalue weighted by Gasteiger charge is 2.17. The van der Waals surface area contributed by atoms with Crippen molar-refractivity contribution in [2.24, 2.45) is 0 Å². The molecule has 1 fully saturated rings. The highest BCUT2D eigenvalue weighted by atomic mass is 35.5. The number of nitriles is 1. The SMILES string of the molecule is N#Cc1ccccc1Oc1ccc(C(=O)NC2CCNCC2)cc1Cl. The molecule has 1 aliphatic rings. The van der Waals surface area contributed by atoms with E-state index in [9.17, 15) is 4.79 Å². The minimum atomic E-state index is -0.141. The third-order valence-corrected chi connectivity index (χ3v) is 4.39. The van der Waals surface area contributed by atoms with Crippen LogP contribution in [0.5, 0.6) is 11.5 Å². The van der Waals surface area contributed by atoms with Crippen LogP contribution in [0.4, 0.5) is 0 Å². The molecular weight excluding hydrogens is 338 g/mol. The number of piperidine rings is 1. The smallest absolute Gasteiger partial charge is 0.251 e. The number of halogens is 1. The van der Waals surface area contributed by atoms with Gasteiger partial charge in [-0.3, -0.25) is 4.79 Å². The van der Waals surface area contributed by atoms with Crippen molar-refractivity contribution in [3.8, 4) is 17.6 Å². The lowest BCUT2D eigenvalue weighted by Crippen LogP contribution is -2.42. The molecule has 0 unspecified atom stereocenters. The van der Waals surface area contributed by atoms with Crippen molar-refractivity contribution in [2.45, 2.75) is 18.9 Å². The Bertz CT molecular complexity index is 811. The highest BCUT2D eigenvalue weighted by Crippen LogP contribution is 2.31. The van der Waals surface area contributed by atoms with Crippen molar-refractivity contribution in [1.29, 1.82) is 5.26 Å². The summed E-state index contributed by atoms with van der Waals surface area (Å²) in [7, 11) is 0. The molecule has 0 spiro atoms. The summed E-state index contributed by atoms with van der Waals surface area (Å²) in [5, 5.41) is 15.7. The van der Waals surface area contributed by atoms with Crippen molar-refractivity contribution in [3.63, 3.8) is 0 Å². The van der Waals surface area contributed by atoms with E-state index in [4.69, 9.17) is 21.6 Å². The van der Waals surface area contributed by atoms with Gasteiger partial charge in [-0.1, -0.05) is 23.7 Å². The van der Waals surface area contributed by atoms with Gasteiger partial charge in [0, 0.05) is 11.6 Å². The molecule has 0 radical (unpaired) electrons. The molecule has 2 aromatic carbocycles. The van der Waals surface area contributed by atoms with Crippen molar-refractivity contribution in [1.82, 2.24) is 10.6 Å². The van der Waals surface area contributed by atoms with Gasteiger partial charge >= 0.3 is 0 Å². The number of nitrogens with one attached hydrogen (secondary N) is 2. The second-order valence-electron chi connectivity index (χ2n) is 5.85. The number of nitrogens with zero attached hydrogens (tertiary/aromatic N) is 1. The van der Waals surface area contributed by atoms with E-state index in [2.05, 4.69) is 16.7 Å². The molecule has 1 heterocycles. The second-order valence-corrected chi connectivity index (χ2v) is 6.26. The normalized spacial score (nSPS) is 14.6. The molecule has 0 aromatic heterocycles. The number of ether oxygens (including phenoxy) is 1. The summed E-state index contributed by atoms with van der Waals surface area (Å²) >= 11 is 6.26. The topological polar surface area (TPSA) is 74.1 Å². The van der Waals surface area contributed by atoms with Crippen LogP contribution in [0.25, 0.3) is 0 Å². The van der Waals surface area contributed by atoms with Gasteiger partial charge in [0.15, 0.2) is 0 Å². The predicted molar refractivity (Wildman–Crippen MR) is 96.0 cm³/mol. The summed E-state index contributed by atoms with van der Waals surface area (Å²) in [5.74, 6) is 0.694. The van der Waals surface area contributed by atoms with Crippen molar-refractivity contribution in [2.75, 3.05) is 13.1 Å². The first-order valence-electron chi connectivity index (χ1n) is 8.15. The van der Waals surface area contributed by atoms with Gasteiger partial charge in [-0.25, -0.2) is 0 Å². The Kier molecular flexibility index (Phi) is 5.54. The first kappa shape index (κ1) is 17.3. The van der Waals surface area contributed by atoms with Gasteiger partial charge in [-0.15, -0.1) is 0 Å².